The fourth-order valence-electron chi connectivity index (χ4n) is 1.89. The first-order valence-electron chi connectivity index (χ1n) is 6.62. The molecule has 0 saturated carbocycles. The van der Waals surface area contributed by atoms with Crippen molar-refractivity contribution in [2.24, 2.45) is 0 Å². The summed E-state index contributed by atoms with van der Waals surface area (Å²) in [4.78, 5) is 23.1. The van der Waals surface area contributed by atoms with Crippen molar-refractivity contribution < 1.29 is 14.0 Å². The van der Waals surface area contributed by atoms with Crippen LogP contribution in [0.5, 0.6) is 0 Å². The SMILES string of the molecule is CC(=O)Nc1ccc(/C=C/C(=O)c2c(Cl)ccc(F)c2Cl)cc1. The van der Waals surface area contributed by atoms with Crippen molar-refractivity contribution >= 4 is 46.7 Å². The minimum Gasteiger partial charge on any atom is -0.326 e. The highest BCUT2D eigenvalue weighted by Gasteiger charge is 2.15. The molecule has 6 heteroatoms. The molecule has 2 rings (SSSR count). The molecule has 0 atom stereocenters. The van der Waals surface area contributed by atoms with Gasteiger partial charge in [-0.1, -0.05) is 41.4 Å². The summed E-state index contributed by atoms with van der Waals surface area (Å²) in [6.45, 7) is 1.42. The smallest absolute Gasteiger partial charge is 0.221 e. The van der Waals surface area contributed by atoms with Crippen LogP contribution in [0.3, 0.4) is 0 Å². The lowest BCUT2D eigenvalue weighted by molar-refractivity contribution is -0.114. The van der Waals surface area contributed by atoms with Gasteiger partial charge in [0, 0.05) is 12.6 Å². The molecule has 3 nitrogen and oxygen atoms in total. The summed E-state index contributed by atoms with van der Waals surface area (Å²) in [6.07, 6.45) is 2.82. The second kappa shape index (κ2) is 7.40. The van der Waals surface area contributed by atoms with E-state index < -0.39 is 11.6 Å². The molecule has 0 bridgehead atoms. The van der Waals surface area contributed by atoms with E-state index in [1.165, 1.54) is 19.1 Å². The Bertz CT molecular complexity index is 786. The van der Waals surface area contributed by atoms with Crippen LogP contribution in [0.4, 0.5) is 10.1 Å². The molecule has 1 N–H and O–H groups in total. The van der Waals surface area contributed by atoms with Crippen molar-refractivity contribution in [3.05, 3.63) is 69.5 Å². The van der Waals surface area contributed by atoms with Crippen LogP contribution in [0, 0.1) is 5.82 Å². The Balaban J connectivity index is 2.19. The number of hydrogen-bond donors (Lipinski definition) is 1. The van der Waals surface area contributed by atoms with Crippen LogP contribution in [0.1, 0.15) is 22.8 Å². The number of allylic oxidation sites excluding steroid dienone is 1. The maximum atomic E-state index is 13.4. The van der Waals surface area contributed by atoms with Crippen LogP contribution in [0.15, 0.2) is 42.5 Å². The first-order valence-corrected chi connectivity index (χ1v) is 7.37. The van der Waals surface area contributed by atoms with Crippen LogP contribution in [-0.2, 0) is 4.79 Å². The third-order valence-corrected chi connectivity index (χ3v) is 3.63. The van der Waals surface area contributed by atoms with Gasteiger partial charge in [0.1, 0.15) is 5.82 Å². The van der Waals surface area contributed by atoms with Gasteiger partial charge in [0.05, 0.1) is 15.6 Å². The number of rotatable bonds is 4. The van der Waals surface area contributed by atoms with Gasteiger partial charge in [-0.15, -0.1) is 0 Å². The number of carbonyl (C=O) groups excluding carboxylic acids is 2. The van der Waals surface area contributed by atoms with Gasteiger partial charge >= 0.3 is 0 Å². The maximum absolute atomic E-state index is 13.4. The highest BCUT2D eigenvalue weighted by atomic mass is 35.5. The summed E-state index contributed by atoms with van der Waals surface area (Å²) >= 11 is 11.7. The minimum atomic E-state index is -0.701. The third kappa shape index (κ3) is 4.41. The first-order chi connectivity index (χ1) is 10.9. The van der Waals surface area contributed by atoms with Crippen molar-refractivity contribution in [3.63, 3.8) is 0 Å². The fourth-order valence-corrected chi connectivity index (χ4v) is 2.45. The number of hydrogen-bond acceptors (Lipinski definition) is 2. The summed E-state index contributed by atoms with van der Waals surface area (Å²) in [5.41, 5.74) is 1.31. The number of amides is 1. The van der Waals surface area contributed by atoms with Crippen LogP contribution >= 0.6 is 23.2 Å². The first kappa shape index (κ1) is 17.2. The molecule has 23 heavy (non-hydrogen) atoms. The predicted molar refractivity (Wildman–Crippen MR) is 90.5 cm³/mol. The third-order valence-electron chi connectivity index (χ3n) is 2.95. The molecule has 0 aliphatic carbocycles. The van der Waals surface area contributed by atoms with Gasteiger partial charge in [-0.3, -0.25) is 9.59 Å². The Labute approximate surface area is 142 Å². The molecule has 0 heterocycles. The van der Waals surface area contributed by atoms with E-state index >= 15 is 0 Å². The Kier molecular flexibility index (Phi) is 5.53. The van der Waals surface area contributed by atoms with E-state index in [1.54, 1.807) is 30.3 Å². The average molecular weight is 352 g/mol. The predicted octanol–water partition coefficient (Wildman–Crippen LogP) is 4.99. The van der Waals surface area contributed by atoms with Gasteiger partial charge in [0.15, 0.2) is 5.78 Å². The van der Waals surface area contributed by atoms with Crippen LogP contribution in [0.25, 0.3) is 6.08 Å². The summed E-state index contributed by atoms with van der Waals surface area (Å²) < 4.78 is 13.4. The molecule has 2 aromatic rings. The van der Waals surface area contributed by atoms with Gasteiger partial charge in [0.2, 0.25) is 5.91 Å². The lowest BCUT2D eigenvalue weighted by Crippen LogP contribution is -2.05. The second-order valence-corrected chi connectivity index (χ2v) is 5.50. The lowest BCUT2D eigenvalue weighted by Gasteiger charge is -2.04. The van der Waals surface area contributed by atoms with Gasteiger partial charge in [0.25, 0.3) is 0 Å². The number of ketones is 1. The van der Waals surface area contributed by atoms with E-state index in [0.29, 0.717) is 5.69 Å². The van der Waals surface area contributed by atoms with Crippen LogP contribution < -0.4 is 5.32 Å². The number of benzene rings is 2. The number of nitrogens with one attached hydrogen (secondary N) is 1. The monoisotopic (exact) mass is 351 g/mol. The number of carbonyl (C=O) groups is 2. The van der Waals surface area contributed by atoms with E-state index in [0.717, 1.165) is 11.6 Å². The van der Waals surface area contributed by atoms with Crippen LogP contribution in [-0.4, -0.2) is 11.7 Å². The van der Waals surface area contributed by atoms with E-state index in [1.807, 2.05) is 0 Å². The lowest BCUT2D eigenvalue weighted by atomic mass is 10.1. The molecule has 1 amide bonds. The minimum absolute atomic E-state index is 0.0700. The van der Waals surface area contributed by atoms with Crippen LogP contribution in [0.2, 0.25) is 10.0 Å². The van der Waals surface area contributed by atoms with Gasteiger partial charge in [-0.25, -0.2) is 4.39 Å². The Morgan fingerprint density at radius 1 is 1.09 bits per heavy atom. The van der Waals surface area contributed by atoms with E-state index in [9.17, 15) is 14.0 Å². The molecular weight excluding hydrogens is 340 g/mol. The zero-order valence-electron chi connectivity index (χ0n) is 12.1. The summed E-state index contributed by atoms with van der Waals surface area (Å²) in [6, 6.07) is 9.24. The van der Waals surface area contributed by atoms with E-state index in [2.05, 4.69) is 5.32 Å². The molecule has 0 radical (unpaired) electrons. The largest absolute Gasteiger partial charge is 0.326 e. The second-order valence-electron chi connectivity index (χ2n) is 4.72. The van der Waals surface area contributed by atoms with Crippen molar-refractivity contribution in [2.75, 3.05) is 5.32 Å². The number of halogens is 3. The highest BCUT2D eigenvalue weighted by Crippen LogP contribution is 2.28. The summed E-state index contributed by atoms with van der Waals surface area (Å²) in [5, 5.41) is 2.43. The standard InChI is InChI=1S/C17H12Cl2FNO2/c1-10(22)21-12-5-2-11(3-6-12)4-9-15(23)16-13(18)7-8-14(20)17(16)19/h2-9H,1H3,(H,21,22)/b9-4+. The summed E-state index contributed by atoms with van der Waals surface area (Å²) in [7, 11) is 0. The van der Waals surface area contributed by atoms with Gasteiger partial charge < -0.3 is 5.32 Å². The summed E-state index contributed by atoms with van der Waals surface area (Å²) in [5.74, 6) is -1.36. The molecule has 0 saturated heterocycles. The zero-order valence-corrected chi connectivity index (χ0v) is 13.6. The quantitative estimate of drug-likeness (QED) is 0.479. The van der Waals surface area contributed by atoms with Gasteiger partial charge in [-0.05, 0) is 35.9 Å². The Morgan fingerprint density at radius 2 is 1.74 bits per heavy atom. The Morgan fingerprint density at radius 3 is 2.35 bits per heavy atom. The molecular formula is C17H12Cl2FNO2. The fraction of sp³-hybridized carbons (Fsp3) is 0.0588. The number of anilines is 1. The van der Waals surface area contributed by atoms with Crippen molar-refractivity contribution in [3.8, 4) is 0 Å². The topological polar surface area (TPSA) is 46.2 Å². The zero-order chi connectivity index (χ0) is 17.0. The molecule has 2 aromatic carbocycles. The van der Waals surface area contributed by atoms with Gasteiger partial charge in [-0.2, -0.15) is 0 Å². The molecule has 0 unspecified atom stereocenters. The highest BCUT2D eigenvalue weighted by molar-refractivity contribution is 6.40. The van der Waals surface area contributed by atoms with Crippen molar-refractivity contribution in [2.45, 2.75) is 6.92 Å². The molecule has 0 fully saturated rings. The van der Waals surface area contributed by atoms with E-state index in [-0.39, 0.29) is 21.5 Å². The van der Waals surface area contributed by atoms with E-state index in [4.69, 9.17) is 23.2 Å². The molecule has 0 aromatic heterocycles. The molecule has 0 spiro atoms. The average Bonchev–Trinajstić information content (AvgIpc) is 2.50. The molecule has 118 valence electrons. The van der Waals surface area contributed by atoms with Crippen molar-refractivity contribution in [1.29, 1.82) is 0 Å². The molecule has 0 aliphatic rings. The Hall–Kier alpha value is -2.17. The van der Waals surface area contributed by atoms with Crippen molar-refractivity contribution in [1.82, 2.24) is 0 Å². The molecule has 0 aliphatic heterocycles. The normalized spacial score (nSPS) is 10.8. The maximum Gasteiger partial charge on any atom is 0.221 e.